The van der Waals surface area contributed by atoms with Crippen LogP contribution in [0.5, 0.6) is 5.75 Å². The van der Waals surface area contributed by atoms with E-state index in [1.807, 2.05) is 12.1 Å². The van der Waals surface area contributed by atoms with Crippen molar-refractivity contribution in [3.8, 4) is 5.75 Å². The van der Waals surface area contributed by atoms with Crippen molar-refractivity contribution in [3.05, 3.63) is 63.6 Å². The zero-order chi connectivity index (χ0) is 13.8. The van der Waals surface area contributed by atoms with Crippen LogP contribution in [0.1, 0.15) is 17.2 Å². The van der Waals surface area contributed by atoms with Crippen LogP contribution in [0, 0.1) is 0 Å². The van der Waals surface area contributed by atoms with Crippen LogP contribution in [0.25, 0.3) is 0 Å². The minimum atomic E-state index is -0.621. The Morgan fingerprint density at radius 3 is 2.32 bits per heavy atom. The Morgan fingerprint density at radius 1 is 1.05 bits per heavy atom. The van der Waals surface area contributed by atoms with Gasteiger partial charge in [-0.1, -0.05) is 35.3 Å². The first-order valence-electron chi connectivity index (χ1n) is 5.86. The number of hydrogen-bond acceptors (Lipinski definition) is 2. The molecule has 4 heteroatoms. The molecule has 0 heterocycles. The topological polar surface area (TPSA) is 29.5 Å². The maximum atomic E-state index is 10.2. The van der Waals surface area contributed by atoms with Crippen LogP contribution in [-0.4, -0.2) is 12.2 Å². The second-order valence-electron chi connectivity index (χ2n) is 4.23. The van der Waals surface area contributed by atoms with Gasteiger partial charge in [-0.05, 0) is 41.5 Å². The first kappa shape index (κ1) is 14.2. The van der Waals surface area contributed by atoms with E-state index in [9.17, 15) is 5.11 Å². The highest BCUT2D eigenvalue weighted by atomic mass is 35.5. The summed E-state index contributed by atoms with van der Waals surface area (Å²) < 4.78 is 5.27. The molecule has 1 atom stereocenters. The van der Waals surface area contributed by atoms with E-state index in [4.69, 9.17) is 27.9 Å². The predicted octanol–water partition coefficient (Wildman–Crippen LogP) is 4.28. The number of halogens is 2. The molecule has 0 bridgehead atoms. The summed E-state index contributed by atoms with van der Waals surface area (Å²) in [5.41, 5.74) is 1.68. The van der Waals surface area contributed by atoms with E-state index < -0.39 is 6.10 Å². The highest BCUT2D eigenvalue weighted by Crippen LogP contribution is 2.28. The lowest BCUT2D eigenvalue weighted by Gasteiger charge is -2.14. The number of ether oxygens (including phenoxy) is 1. The Kier molecular flexibility index (Phi) is 4.70. The Hall–Kier alpha value is -1.22. The normalized spacial score (nSPS) is 12.2. The molecule has 0 spiro atoms. The Balaban J connectivity index is 2.20. The van der Waals surface area contributed by atoms with Crippen LogP contribution >= 0.6 is 23.2 Å². The molecule has 1 unspecified atom stereocenters. The fraction of sp³-hybridized carbons (Fsp3) is 0.200. The largest absolute Gasteiger partial charge is 0.496 e. The minimum absolute atomic E-state index is 0.436. The Morgan fingerprint density at radius 2 is 1.68 bits per heavy atom. The van der Waals surface area contributed by atoms with E-state index in [1.165, 1.54) is 0 Å². The molecule has 0 aromatic heterocycles. The van der Waals surface area contributed by atoms with Crippen molar-refractivity contribution in [2.45, 2.75) is 12.5 Å². The molecule has 1 N–H and O–H groups in total. The van der Waals surface area contributed by atoms with Gasteiger partial charge in [-0.2, -0.15) is 0 Å². The van der Waals surface area contributed by atoms with Crippen molar-refractivity contribution in [3.63, 3.8) is 0 Å². The van der Waals surface area contributed by atoms with Crippen molar-refractivity contribution in [2.24, 2.45) is 0 Å². The van der Waals surface area contributed by atoms with E-state index in [1.54, 1.807) is 37.4 Å². The summed E-state index contributed by atoms with van der Waals surface area (Å²) in [4.78, 5) is 0. The smallest absolute Gasteiger partial charge is 0.122 e. The number of rotatable bonds is 4. The molecule has 0 aliphatic heterocycles. The number of methoxy groups -OCH3 is 1. The molecule has 0 saturated carbocycles. The summed E-state index contributed by atoms with van der Waals surface area (Å²) in [5.74, 6) is 0.720. The summed E-state index contributed by atoms with van der Waals surface area (Å²) in [6.45, 7) is 0. The van der Waals surface area contributed by atoms with Crippen LogP contribution in [0.3, 0.4) is 0 Å². The van der Waals surface area contributed by atoms with Gasteiger partial charge in [0.25, 0.3) is 0 Å². The molecule has 100 valence electrons. The van der Waals surface area contributed by atoms with Crippen LogP contribution < -0.4 is 4.74 Å². The number of benzene rings is 2. The molecule has 2 aromatic carbocycles. The average molecular weight is 297 g/mol. The zero-order valence-electron chi connectivity index (χ0n) is 10.4. The molecule has 0 amide bonds. The highest BCUT2D eigenvalue weighted by Gasteiger charge is 2.12. The third-order valence-corrected chi connectivity index (χ3v) is 3.40. The van der Waals surface area contributed by atoms with Gasteiger partial charge in [-0.25, -0.2) is 0 Å². The summed E-state index contributed by atoms with van der Waals surface area (Å²) in [5, 5.41) is 11.5. The lowest BCUT2D eigenvalue weighted by Crippen LogP contribution is -2.03. The number of hydrogen-bond donors (Lipinski definition) is 1. The molecule has 0 saturated heterocycles. The molecule has 2 aromatic rings. The maximum Gasteiger partial charge on any atom is 0.122 e. The fourth-order valence-corrected chi connectivity index (χ4v) is 2.24. The Labute approximate surface area is 122 Å². The standard InChI is InChI=1S/C15H14Cl2O2/c1-19-15-7-6-13(17)8-11(15)9-14(18)10-2-4-12(16)5-3-10/h2-8,14,18H,9H2,1H3. The third kappa shape index (κ3) is 3.63. The summed E-state index contributed by atoms with van der Waals surface area (Å²) in [6, 6.07) is 12.5. The summed E-state index contributed by atoms with van der Waals surface area (Å²) in [7, 11) is 1.60. The van der Waals surface area contributed by atoms with E-state index >= 15 is 0 Å². The second-order valence-corrected chi connectivity index (χ2v) is 5.10. The number of aliphatic hydroxyl groups excluding tert-OH is 1. The fourth-order valence-electron chi connectivity index (χ4n) is 1.92. The van der Waals surface area contributed by atoms with Crippen LogP contribution in [-0.2, 0) is 6.42 Å². The quantitative estimate of drug-likeness (QED) is 0.912. The summed E-state index contributed by atoms with van der Waals surface area (Å²) >= 11 is 11.8. The van der Waals surface area contributed by atoms with Crippen molar-refractivity contribution in [1.82, 2.24) is 0 Å². The first-order valence-corrected chi connectivity index (χ1v) is 6.61. The van der Waals surface area contributed by atoms with Gasteiger partial charge in [0.15, 0.2) is 0 Å². The van der Waals surface area contributed by atoms with E-state index in [2.05, 4.69) is 0 Å². The van der Waals surface area contributed by atoms with Gasteiger partial charge in [0, 0.05) is 16.5 Å². The molecule has 0 aliphatic rings. The van der Waals surface area contributed by atoms with Crippen molar-refractivity contribution >= 4 is 23.2 Å². The molecule has 19 heavy (non-hydrogen) atoms. The van der Waals surface area contributed by atoms with Gasteiger partial charge in [-0.15, -0.1) is 0 Å². The van der Waals surface area contributed by atoms with Crippen LogP contribution in [0.15, 0.2) is 42.5 Å². The second kappa shape index (κ2) is 6.29. The van der Waals surface area contributed by atoms with Gasteiger partial charge in [-0.3, -0.25) is 0 Å². The van der Waals surface area contributed by atoms with Gasteiger partial charge in [0.2, 0.25) is 0 Å². The maximum absolute atomic E-state index is 10.2. The minimum Gasteiger partial charge on any atom is -0.496 e. The third-order valence-electron chi connectivity index (χ3n) is 2.91. The van der Waals surface area contributed by atoms with Crippen molar-refractivity contribution in [1.29, 1.82) is 0 Å². The van der Waals surface area contributed by atoms with E-state index in [0.29, 0.717) is 16.5 Å². The Bertz CT molecular complexity index is 553. The average Bonchev–Trinajstić information content (AvgIpc) is 2.39. The van der Waals surface area contributed by atoms with E-state index in [0.717, 1.165) is 16.9 Å². The van der Waals surface area contributed by atoms with Gasteiger partial charge >= 0.3 is 0 Å². The zero-order valence-corrected chi connectivity index (χ0v) is 11.9. The number of aliphatic hydroxyl groups is 1. The van der Waals surface area contributed by atoms with E-state index in [-0.39, 0.29) is 0 Å². The monoisotopic (exact) mass is 296 g/mol. The SMILES string of the molecule is COc1ccc(Cl)cc1CC(O)c1ccc(Cl)cc1. The highest BCUT2D eigenvalue weighted by molar-refractivity contribution is 6.30. The van der Waals surface area contributed by atoms with Crippen LogP contribution in [0.2, 0.25) is 10.0 Å². The predicted molar refractivity (Wildman–Crippen MR) is 78.1 cm³/mol. The lowest BCUT2D eigenvalue weighted by molar-refractivity contribution is 0.177. The van der Waals surface area contributed by atoms with Gasteiger partial charge < -0.3 is 9.84 Å². The molecular weight excluding hydrogens is 283 g/mol. The molecule has 2 rings (SSSR count). The van der Waals surface area contributed by atoms with Crippen molar-refractivity contribution < 1.29 is 9.84 Å². The van der Waals surface area contributed by atoms with Gasteiger partial charge in [0.1, 0.15) is 5.75 Å². The van der Waals surface area contributed by atoms with Crippen molar-refractivity contribution in [2.75, 3.05) is 7.11 Å². The van der Waals surface area contributed by atoms with Gasteiger partial charge in [0.05, 0.1) is 13.2 Å². The molecule has 2 nitrogen and oxygen atoms in total. The first-order chi connectivity index (χ1) is 9.10. The van der Waals surface area contributed by atoms with Crippen LogP contribution in [0.4, 0.5) is 0 Å². The molecule has 0 aliphatic carbocycles. The summed E-state index contributed by atoms with van der Waals surface area (Å²) in [6.07, 6.45) is -0.185. The molecular formula is C15H14Cl2O2. The molecule has 0 fully saturated rings. The molecule has 0 radical (unpaired) electrons. The lowest BCUT2D eigenvalue weighted by atomic mass is 10.0.